The summed E-state index contributed by atoms with van der Waals surface area (Å²) in [5, 5.41) is 3.88. The van der Waals surface area contributed by atoms with Crippen LogP contribution in [0.5, 0.6) is 0 Å². The second-order valence-corrected chi connectivity index (χ2v) is 8.69. The van der Waals surface area contributed by atoms with Crippen molar-refractivity contribution in [1.29, 1.82) is 0 Å². The topological polar surface area (TPSA) is 97.4 Å². The van der Waals surface area contributed by atoms with Gasteiger partial charge >= 0.3 is 0 Å². The van der Waals surface area contributed by atoms with Gasteiger partial charge < -0.3 is 18.9 Å². The summed E-state index contributed by atoms with van der Waals surface area (Å²) in [5.74, 6) is -0.360. The lowest BCUT2D eigenvalue weighted by atomic mass is 9.95. The second-order valence-electron chi connectivity index (χ2n) is 8.69. The molecule has 0 saturated carbocycles. The van der Waals surface area contributed by atoms with Crippen molar-refractivity contribution >= 4 is 11.8 Å². The van der Waals surface area contributed by atoms with Crippen molar-refractivity contribution in [1.82, 2.24) is 29.5 Å². The number of hydrogen-bond acceptors (Lipinski definition) is 6. The third-order valence-electron chi connectivity index (χ3n) is 6.75. The Hall–Kier alpha value is -4.27. The molecule has 4 aromatic rings. The summed E-state index contributed by atoms with van der Waals surface area (Å²) >= 11 is 0. The first-order chi connectivity index (χ1) is 16.5. The fourth-order valence-corrected chi connectivity index (χ4v) is 5.05. The Morgan fingerprint density at radius 3 is 2.71 bits per heavy atom. The lowest BCUT2D eigenvalue weighted by Crippen LogP contribution is -2.60. The molecule has 34 heavy (non-hydrogen) atoms. The van der Waals surface area contributed by atoms with E-state index < -0.39 is 5.66 Å². The summed E-state index contributed by atoms with van der Waals surface area (Å²) < 4.78 is 6.97. The first kappa shape index (κ1) is 20.3. The first-order valence-electron chi connectivity index (χ1n) is 11.1. The Labute approximate surface area is 195 Å². The number of aryl methyl sites for hydroxylation is 2. The number of aromatic nitrogens is 4. The van der Waals surface area contributed by atoms with Gasteiger partial charge in [0.15, 0.2) is 5.66 Å². The fourth-order valence-electron chi connectivity index (χ4n) is 5.05. The van der Waals surface area contributed by atoms with Gasteiger partial charge in [-0.05, 0) is 38.1 Å². The molecule has 2 aliphatic rings. The zero-order valence-electron chi connectivity index (χ0n) is 18.8. The van der Waals surface area contributed by atoms with Gasteiger partial charge in [0.05, 0.1) is 17.9 Å². The lowest BCUT2D eigenvalue weighted by Gasteiger charge is -2.47. The minimum absolute atomic E-state index is 0.133. The van der Waals surface area contributed by atoms with E-state index in [1.165, 1.54) is 6.26 Å². The van der Waals surface area contributed by atoms with E-state index in [0.717, 1.165) is 22.5 Å². The molecular formula is C25H22N6O3. The molecule has 6 rings (SSSR count). The van der Waals surface area contributed by atoms with Gasteiger partial charge in [-0.2, -0.15) is 0 Å². The van der Waals surface area contributed by atoms with Crippen molar-refractivity contribution in [3.05, 3.63) is 89.5 Å². The van der Waals surface area contributed by atoms with Crippen molar-refractivity contribution in [2.45, 2.75) is 26.1 Å². The average Bonchev–Trinajstić information content (AvgIpc) is 3.57. The largest absolute Gasteiger partial charge is 0.364 e. The summed E-state index contributed by atoms with van der Waals surface area (Å²) in [6, 6.07) is 11.4. The maximum atomic E-state index is 13.8. The van der Waals surface area contributed by atoms with Crippen LogP contribution in [0.3, 0.4) is 0 Å². The molecule has 1 saturated heterocycles. The maximum Gasteiger partial charge on any atom is 0.272 e. The molecule has 1 unspecified atom stereocenters. The second kappa shape index (κ2) is 7.38. The van der Waals surface area contributed by atoms with E-state index in [0.29, 0.717) is 36.6 Å². The van der Waals surface area contributed by atoms with Gasteiger partial charge in [-0.25, -0.2) is 0 Å². The van der Waals surface area contributed by atoms with Crippen molar-refractivity contribution < 1.29 is 14.1 Å². The smallest absolute Gasteiger partial charge is 0.272 e. The van der Waals surface area contributed by atoms with Gasteiger partial charge in [-0.15, -0.1) is 0 Å². The number of hydrogen-bond donors (Lipinski definition) is 0. The highest BCUT2D eigenvalue weighted by atomic mass is 16.5. The van der Waals surface area contributed by atoms with E-state index in [1.54, 1.807) is 29.1 Å². The van der Waals surface area contributed by atoms with Crippen LogP contribution in [0.1, 0.15) is 37.8 Å². The highest BCUT2D eigenvalue weighted by Gasteiger charge is 2.56. The normalized spacial score (nSPS) is 19.3. The molecule has 0 bridgehead atoms. The van der Waals surface area contributed by atoms with Crippen LogP contribution in [-0.4, -0.2) is 54.4 Å². The number of amides is 2. The summed E-state index contributed by atoms with van der Waals surface area (Å²) in [5.41, 5.74) is 3.75. The average molecular weight is 454 g/mol. The molecule has 0 N–H and O–H groups in total. The van der Waals surface area contributed by atoms with Crippen molar-refractivity contribution in [2.24, 2.45) is 0 Å². The summed E-state index contributed by atoms with van der Waals surface area (Å²) in [6.07, 6.45) is 6.79. The number of carbonyl (C=O) groups is 2. The van der Waals surface area contributed by atoms with E-state index in [9.17, 15) is 9.59 Å². The SMILES string of the molecule is Cc1ccc(C23Cn4cc(-c5ccccn5)cc4C(=O)N2CCN3C(=O)c2conc2C)cn1. The van der Waals surface area contributed by atoms with Gasteiger partial charge in [0, 0.05) is 48.5 Å². The molecule has 1 fully saturated rings. The van der Waals surface area contributed by atoms with Crippen LogP contribution in [0.15, 0.2) is 65.8 Å². The van der Waals surface area contributed by atoms with E-state index in [-0.39, 0.29) is 11.8 Å². The number of fused-ring (bicyclic) bond motifs is 2. The number of carbonyl (C=O) groups excluding carboxylic acids is 2. The minimum Gasteiger partial charge on any atom is -0.364 e. The van der Waals surface area contributed by atoms with Gasteiger partial charge in [0.1, 0.15) is 17.5 Å². The third kappa shape index (κ3) is 2.83. The molecule has 2 aliphatic heterocycles. The lowest BCUT2D eigenvalue weighted by molar-refractivity contribution is -0.00613. The third-order valence-corrected chi connectivity index (χ3v) is 6.75. The maximum absolute atomic E-state index is 13.8. The molecule has 2 amide bonds. The van der Waals surface area contributed by atoms with E-state index in [2.05, 4.69) is 15.1 Å². The number of nitrogens with zero attached hydrogens (tertiary/aromatic N) is 6. The van der Waals surface area contributed by atoms with Crippen LogP contribution in [-0.2, 0) is 12.2 Å². The monoisotopic (exact) mass is 454 g/mol. The van der Waals surface area contributed by atoms with Crippen LogP contribution in [0.2, 0.25) is 0 Å². The Kier molecular flexibility index (Phi) is 4.41. The molecule has 0 radical (unpaired) electrons. The van der Waals surface area contributed by atoms with Crippen LogP contribution in [0, 0.1) is 13.8 Å². The Morgan fingerprint density at radius 2 is 2.00 bits per heavy atom. The van der Waals surface area contributed by atoms with Gasteiger partial charge in [0.2, 0.25) is 0 Å². The molecule has 0 aromatic carbocycles. The molecule has 1 atom stereocenters. The molecule has 170 valence electrons. The minimum atomic E-state index is -1.02. The van der Waals surface area contributed by atoms with Crippen molar-refractivity contribution in [2.75, 3.05) is 13.1 Å². The number of pyridine rings is 2. The van der Waals surface area contributed by atoms with E-state index in [4.69, 9.17) is 4.52 Å². The van der Waals surface area contributed by atoms with Crippen molar-refractivity contribution in [3.63, 3.8) is 0 Å². The molecule has 0 aliphatic carbocycles. The van der Waals surface area contributed by atoms with Crippen LogP contribution < -0.4 is 0 Å². The zero-order valence-corrected chi connectivity index (χ0v) is 18.8. The Morgan fingerprint density at radius 1 is 1.12 bits per heavy atom. The highest BCUT2D eigenvalue weighted by molar-refractivity contribution is 5.99. The molecule has 9 nitrogen and oxygen atoms in total. The molecule has 9 heteroatoms. The first-order valence-corrected chi connectivity index (χ1v) is 11.1. The fraction of sp³-hybridized carbons (Fsp3) is 0.240. The van der Waals surface area contributed by atoms with E-state index >= 15 is 0 Å². The van der Waals surface area contributed by atoms with Crippen LogP contribution >= 0.6 is 0 Å². The van der Waals surface area contributed by atoms with Gasteiger partial charge in [-0.3, -0.25) is 19.6 Å². The highest BCUT2D eigenvalue weighted by Crippen LogP contribution is 2.44. The van der Waals surface area contributed by atoms with E-state index in [1.807, 2.05) is 54.1 Å². The number of rotatable bonds is 3. The van der Waals surface area contributed by atoms with Crippen LogP contribution in [0.25, 0.3) is 11.3 Å². The molecule has 4 aromatic heterocycles. The summed E-state index contributed by atoms with van der Waals surface area (Å²) in [6.45, 7) is 4.82. The molecular weight excluding hydrogens is 432 g/mol. The molecule has 6 heterocycles. The predicted molar refractivity (Wildman–Crippen MR) is 122 cm³/mol. The molecule has 0 spiro atoms. The summed E-state index contributed by atoms with van der Waals surface area (Å²) in [4.78, 5) is 40.0. The Balaban J connectivity index is 1.52. The van der Waals surface area contributed by atoms with Gasteiger partial charge in [-0.1, -0.05) is 17.3 Å². The van der Waals surface area contributed by atoms with Crippen LogP contribution in [0.4, 0.5) is 0 Å². The van der Waals surface area contributed by atoms with Crippen molar-refractivity contribution in [3.8, 4) is 11.3 Å². The standard InChI is InChI=1S/C25H22N6O3/c1-16-6-7-19(12-27-16)25-15-29-13-18(21-5-3-4-8-26-21)11-22(29)24(33)31(25)10-9-30(25)23(32)20-14-34-28-17(20)2/h3-8,11-14H,9-10,15H2,1-2H3. The zero-order chi connectivity index (χ0) is 23.4. The predicted octanol–water partition coefficient (Wildman–Crippen LogP) is 3.01. The summed E-state index contributed by atoms with van der Waals surface area (Å²) in [7, 11) is 0. The Bertz CT molecular complexity index is 1410. The quantitative estimate of drug-likeness (QED) is 0.472. The van der Waals surface area contributed by atoms with Gasteiger partial charge in [0.25, 0.3) is 11.8 Å².